The molecule has 0 bridgehead atoms. The van der Waals surface area contributed by atoms with Crippen molar-refractivity contribution in [3.05, 3.63) is 58.7 Å². The molecule has 0 spiro atoms. The van der Waals surface area contributed by atoms with Gasteiger partial charge in [0.15, 0.2) is 16.3 Å². The number of halogens is 1. The van der Waals surface area contributed by atoms with E-state index in [0.29, 0.717) is 10.5 Å². The van der Waals surface area contributed by atoms with Crippen LogP contribution < -0.4 is 5.32 Å². The molecule has 0 atom stereocenters. The maximum absolute atomic E-state index is 11.9. The fourth-order valence-electron chi connectivity index (χ4n) is 1.77. The van der Waals surface area contributed by atoms with Gasteiger partial charge in [0.25, 0.3) is 5.91 Å². The van der Waals surface area contributed by atoms with Crippen molar-refractivity contribution in [3.8, 4) is 5.69 Å². The fraction of sp³-hybridized carbons (Fsp3) is 0.0769. The largest absolute Gasteiger partial charge is 0.444 e. The Hall–Kier alpha value is -2.48. The summed E-state index contributed by atoms with van der Waals surface area (Å²) in [7, 11) is 0. The van der Waals surface area contributed by atoms with Crippen LogP contribution in [0.3, 0.4) is 0 Å². The Morgan fingerprint density at radius 2 is 2.05 bits per heavy atom. The van der Waals surface area contributed by atoms with Gasteiger partial charge in [-0.2, -0.15) is 4.68 Å². The molecule has 106 valence electrons. The van der Waals surface area contributed by atoms with Crippen LogP contribution in [-0.4, -0.2) is 26.1 Å². The van der Waals surface area contributed by atoms with Crippen molar-refractivity contribution in [2.45, 2.75) is 6.54 Å². The number of tetrazole rings is 1. The molecule has 0 saturated heterocycles. The van der Waals surface area contributed by atoms with Crippen LogP contribution in [0.4, 0.5) is 0 Å². The van der Waals surface area contributed by atoms with Gasteiger partial charge in [0.2, 0.25) is 0 Å². The average Bonchev–Trinajstić information content (AvgIpc) is 3.14. The smallest absolute Gasteiger partial charge is 0.287 e. The van der Waals surface area contributed by atoms with Crippen molar-refractivity contribution in [2.24, 2.45) is 0 Å². The molecule has 8 heteroatoms. The average molecular weight is 348 g/mol. The fourth-order valence-corrected chi connectivity index (χ4v) is 2.08. The number of para-hydroxylation sites is 1. The summed E-state index contributed by atoms with van der Waals surface area (Å²) >= 11 is 3.15. The summed E-state index contributed by atoms with van der Waals surface area (Å²) in [6.45, 7) is 0.193. The first-order valence-corrected chi connectivity index (χ1v) is 6.89. The monoisotopic (exact) mass is 347 g/mol. The number of furan rings is 1. The number of rotatable bonds is 4. The van der Waals surface area contributed by atoms with Gasteiger partial charge < -0.3 is 9.73 Å². The summed E-state index contributed by atoms with van der Waals surface area (Å²) in [5, 5.41) is 14.2. The first-order valence-electron chi connectivity index (χ1n) is 6.10. The zero-order valence-corrected chi connectivity index (χ0v) is 12.3. The number of carbonyl (C=O) groups excluding carboxylic acids is 1. The standard InChI is InChI=1S/C13H10BrN5O2/c14-11-7-6-10(21-11)13(20)15-8-12-16-17-18-19(12)9-4-2-1-3-5-9/h1-7H,8H2,(H,15,20). The minimum atomic E-state index is -0.330. The summed E-state index contributed by atoms with van der Waals surface area (Å²) in [5.74, 6) is 0.420. The van der Waals surface area contributed by atoms with E-state index in [9.17, 15) is 4.79 Å². The molecular formula is C13H10BrN5O2. The van der Waals surface area contributed by atoms with Crippen LogP contribution in [0.15, 0.2) is 51.6 Å². The van der Waals surface area contributed by atoms with E-state index < -0.39 is 0 Å². The van der Waals surface area contributed by atoms with E-state index in [1.54, 1.807) is 16.8 Å². The van der Waals surface area contributed by atoms with E-state index in [4.69, 9.17) is 4.42 Å². The Morgan fingerprint density at radius 1 is 1.24 bits per heavy atom. The Morgan fingerprint density at radius 3 is 2.76 bits per heavy atom. The Balaban J connectivity index is 1.72. The van der Waals surface area contributed by atoms with Gasteiger partial charge in [-0.3, -0.25) is 4.79 Å². The second-order valence-corrected chi connectivity index (χ2v) is 4.91. The van der Waals surface area contributed by atoms with Crippen molar-refractivity contribution in [3.63, 3.8) is 0 Å². The molecule has 2 aromatic heterocycles. The van der Waals surface area contributed by atoms with E-state index in [0.717, 1.165) is 5.69 Å². The summed E-state index contributed by atoms with van der Waals surface area (Å²) in [6.07, 6.45) is 0. The minimum Gasteiger partial charge on any atom is -0.444 e. The van der Waals surface area contributed by atoms with Gasteiger partial charge >= 0.3 is 0 Å². The molecule has 0 radical (unpaired) electrons. The number of aromatic nitrogens is 4. The lowest BCUT2D eigenvalue weighted by Gasteiger charge is -2.05. The second-order valence-electron chi connectivity index (χ2n) is 4.13. The maximum Gasteiger partial charge on any atom is 0.287 e. The van der Waals surface area contributed by atoms with Gasteiger partial charge in [0.05, 0.1) is 12.2 Å². The number of amides is 1. The summed E-state index contributed by atoms with van der Waals surface area (Å²) < 4.78 is 7.25. The highest BCUT2D eigenvalue weighted by Gasteiger charge is 2.13. The zero-order valence-electron chi connectivity index (χ0n) is 10.7. The third kappa shape index (κ3) is 3.00. The highest BCUT2D eigenvalue weighted by atomic mass is 79.9. The third-order valence-electron chi connectivity index (χ3n) is 2.74. The molecule has 0 unspecified atom stereocenters. The summed E-state index contributed by atoms with van der Waals surface area (Å²) in [6, 6.07) is 12.7. The summed E-state index contributed by atoms with van der Waals surface area (Å²) in [5.41, 5.74) is 0.826. The lowest BCUT2D eigenvalue weighted by Crippen LogP contribution is -2.24. The lowest BCUT2D eigenvalue weighted by molar-refractivity contribution is 0.0920. The van der Waals surface area contributed by atoms with Crippen molar-refractivity contribution in [1.82, 2.24) is 25.5 Å². The van der Waals surface area contributed by atoms with Gasteiger partial charge in [-0.1, -0.05) is 18.2 Å². The molecule has 3 aromatic rings. The molecule has 0 aliphatic heterocycles. The van der Waals surface area contributed by atoms with Crippen LogP contribution in [-0.2, 0) is 6.54 Å². The van der Waals surface area contributed by atoms with Crippen LogP contribution in [0, 0.1) is 0 Å². The highest BCUT2D eigenvalue weighted by molar-refractivity contribution is 9.10. The number of benzene rings is 1. The molecule has 0 aliphatic rings. The van der Waals surface area contributed by atoms with Crippen LogP contribution in [0.5, 0.6) is 0 Å². The molecule has 2 heterocycles. The van der Waals surface area contributed by atoms with Gasteiger partial charge in [-0.25, -0.2) is 0 Å². The van der Waals surface area contributed by atoms with Crippen molar-refractivity contribution < 1.29 is 9.21 Å². The van der Waals surface area contributed by atoms with E-state index in [1.165, 1.54) is 0 Å². The van der Waals surface area contributed by atoms with Crippen molar-refractivity contribution in [2.75, 3.05) is 0 Å². The molecule has 3 rings (SSSR count). The molecule has 0 fully saturated rings. The Kier molecular flexibility index (Phi) is 3.78. The normalized spacial score (nSPS) is 10.5. The number of hydrogen-bond acceptors (Lipinski definition) is 5. The lowest BCUT2D eigenvalue weighted by atomic mass is 10.3. The van der Waals surface area contributed by atoms with Crippen molar-refractivity contribution >= 4 is 21.8 Å². The number of nitrogens with one attached hydrogen (secondary N) is 1. The first-order chi connectivity index (χ1) is 10.2. The quantitative estimate of drug-likeness (QED) is 0.779. The van der Waals surface area contributed by atoms with Gasteiger partial charge in [0.1, 0.15) is 0 Å². The van der Waals surface area contributed by atoms with Crippen LogP contribution >= 0.6 is 15.9 Å². The molecule has 1 N–H and O–H groups in total. The summed E-state index contributed by atoms with van der Waals surface area (Å²) in [4.78, 5) is 11.9. The second kappa shape index (κ2) is 5.88. The zero-order chi connectivity index (χ0) is 14.7. The molecule has 21 heavy (non-hydrogen) atoms. The number of carbonyl (C=O) groups is 1. The molecule has 1 aromatic carbocycles. The topological polar surface area (TPSA) is 85.8 Å². The van der Waals surface area contributed by atoms with Crippen molar-refractivity contribution in [1.29, 1.82) is 0 Å². The minimum absolute atomic E-state index is 0.193. The van der Waals surface area contributed by atoms with E-state index in [1.807, 2.05) is 30.3 Å². The Bertz CT molecular complexity index is 753. The molecule has 1 amide bonds. The number of hydrogen-bond donors (Lipinski definition) is 1. The van der Waals surface area contributed by atoms with E-state index in [2.05, 4.69) is 36.8 Å². The maximum atomic E-state index is 11.9. The van der Waals surface area contributed by atoms with Crippen LogP contribution in [0.1, 0.15) is 16.4 Å². The SMILES string of the molecule is O=C(NCc1nnnn1-c1ccccc1)c1ccc(Br)o1. The Labute approximate surface area is 128 Å². The first kappa shape index (κ1) is 13.5. The predicted molar refractivity (Wildman–Crippen MR) is 76.7 cm³/mol. The highest BCUT2D eigenvalue weighted by Crippen LogP contribution is 2.14. The van der Waals surface area contributed by atoms with Gasteiger partial charge in [-0.05, 0) is 50.6 Å². The molecular weight excluding hydrogens is 338 g/mol. The van der Waals surface area contributed by atoms with E-state index >= 15 is 0 Å². The van der Waals surface area contributed by atoms with Gasteiger partial charge in [-0.15, -0.1) is 5.10 Å². The molecule has 0 aliphatic carbocycles. The number of nitrogens with zero attached hydrogens (tertiary/aromatic N) is 4. The molecule has 0 saturated carbocycles. The van der Waals surface area contributed by atoms with Gasteiger partial charge in [0, 0.05) is 0 Å². The van der Waals surface area contributed by atoms with E-state index in [-0.39, 0.29) is 18.2 Å². The predicted octanol–water partition coefficient (Wildman–Crippen LogP) is 1.95. The van der Waals surface area contributed by atoms with Crippen LogP contribution in [0.2, 0.25) is 0 Å². The third-order valence-corrected chi connectivity index (χ3v) is 3.17. The van der Waals surface area contributed by atoms with Crippen LogP contribution in [0.25, 0.3) is 5.69 Å². The molecule has 7 nitrogen and oxygen atoms in total.